The summed E-state index contributed by atoms with van der Waals surface area (Å²) in [5.41, 5.74) is 2.10. The van der Waals surface area contributed by atoms with Crippen molar-refractivity contribution in [3.8, 4) is 17.2 Å². The lowest BCUT2D eigenvalue weighted by molar-refractivity contribution is -0.121. The van der Waals surface area contributed by atoms with Crippen LogP contribution in [0.2, 0.25) is 0 Å². The van der Waals surface area contributed by atoms with Crippen molar-refractivity contribution in [2.75, 3.05) is 21.3 Å². The fraction of sp³-hybridized carbons (Fsp3) is 0.261. The van der Waals surface area contributed by atoms with Crippen LogP contribution >= 0.6 is 0 Å². The van der Waals surface area contributed by atoms with Gasteiger partial charge in [-0.25, -0.2) is 0 Å². The number of carbonyl (C=O) groups is 1. The molecule has 5 heteroatoms. The van der Waals surface area contributed by atoms with Crippen LogP contribution in [0.3, 0.4) is 0 Å². The molecule has 0 aliphatic heterocycles. The number of ether oxygens (including phenoxy) is 3. The quantitative estimate of drug-likeness (QED) is 0.640. The predicted octanol–water partition coefficient (Wildman–Crippen LogP) is 4.11. The smallest absolute Gasteiger partial charge is 0.220 e. The monoisotopic (exact) mass is 379 g/mol. The summed E-state index contributed by atoms with van der Waals surface area (Å²) in [6.45, 7) is 0.507. The summed E-state index contributed by atoms with van der Waals surface area (Å²) >= 11 is 0. The van der Waals surface area contributed by atoms with Gasteiger partial charge in [0.25, 0.3) is 0 Å². The highest BCUT2D eigenvalue weighted by molar-refractivity contribution is 5.84. The Morgan fingerprint density at radius 2 is 1.50 bits per heavy atom. The van der Waals surface area contributed by atoms with Gasteiger partial charge in [0.2, 0.25) is 5.91 Å². The van der Waals surface area contributed by atoms with Gasteiger partial charge in [-0.15, -0.1) is 0 Å². The number of fused-ring (bicyclic) bond motifs is 1. The SMILES string of the molecule is COc1ccc2cc(CNC(=O)CCc3ccc(OC)c(OC)c3)ccc2c1. The van der Waals surface area contributed by atoms with E-state index in [9.17, 15) is 4.79 Å². The zero-order valence-corrected chi connectivity index (χ0v) is 16.5. The molecule has 0 aromatic heterocycles. The Balaban J connectivity index is 1.55. The van der Waals surface area contributed by atoms with Gasteiger partial charge in [0, 0.05) is 13.0 Å². The average molecular weight is 379 g/mol. The van der Waals surface area contributed by atoms with Crippen molar-refractivity contribution in [3.63, 3.8) is 0 Å². The number of nitrogens with one attached hydrogen (secondary N) is 1. The molecule has 0 heterocycles. The third kappa shape index (κ3) is 4.74. The van der Waals surface area contributed by atoms with Gasteiger partial charge >= 0.3 is 0 Å². The van der Waals surface area contributed by atoms with Crippen LogP contribution in [0.5, 0.6) is 17.2 Å². The molecule has 0 spiro atoms. The number of hydrogen-bond donors (Lipinski definition) is 1. The normalized spacial score (nSPS) is 10.5. The lowest BCUT2D eigenvalue weighted by Gasteiger charge is -2.10. The molecule has 0 saturated carbocycles. The van der Waals surface area contributed by atoms with Crippen molar-refractivity contribution in [2.45, 2.75) is 19.4 Å². The van der Waals surface area contributed by atoms with Crippen molar-refractivity contribution < 1.29 is 19.0 Å². The molecule has 0 unspecified atom stereocenters. The van der Waals surface area contributed by atoms with Gasteiger partial charge in [0.1, 0.15) is 5.75 Å². The van der Waals surface area contributed by atoms with Crippen LogP contribution in [0, 0.1) is 0 Å². The first-order valence-electron chi connectivity index (χ1n) is 9.17. The van der Waals surface area contributed by atoms with E-state index >= 15 is 0 Å². The van der Waals surface area contributed by atoms with Crippen molar-refractivity contribution in [1.29, 1.82) is 0 Å². The summed E-state index contributed by atoms with van der Waals surface area (Å²) in [7, 11) is 4.87. The number of rotatable bonds is 8. The van der Waals surface area contributed by atoms with Gasteiger partial charge in [-0.05, 0) is 58.7 Å². The molecule has 0 radical (unpaired) electrons. The molecule has 0 bridgehead atoms. The van der Waals surface area contributed by atoms with Crippen LogP contribution in [0.1, 0.15) is 17.5 Å². The van der Waals surface area contributed by atoms with E-state index < -0.39 is 0 Å². The largest absolute Gasteiger partial charge is 0.497 e. The topological polar surface area (TPSA) is 56.8 Å². The molecule has 1 amide bonds. The highest BCUT2D eigenvalue weighted by Gasteiger charge is 2.07. The van der Waals surface area contributed by atoms with Gasteiger partial charge in [-0.3, -0.25) is 4.79 Å². The van der Waals surface area contributed by atoms with Gasteiger partial charge in [0.05, 0.1) is 21.3 Å². The van der Waals surface area contributed by atoms with E-state index in [1.807, 2.05) is 48.5 Å². The van der Waals surface area contributed by atoms with Gasteiger partial charge in [-0.2, -0.15) is 0 Å². The van der Waals surface area contributed by atoms with Crippen molar-refractivity contribution in [1.82, 2.24) is 5.32 Å². The fourth-order valence-corrected chi connectivity index (χ4v) is 3.09. The highest BCUT2D eigenvalue weighted by Crippen LogP contribution is 2.28. The maximum Gasteiger partial charge on any atom is 0.220 e. The Morgan fingerprint density at radius 3 is 2.25 bits per heavy atom. The highest BCUT2D eigenvalue weighted by atomic mass is 16.5. The number of hydrogen-bond acceptors (Lipinski definition) is 4. The summed E-state index contributed by atoms with van der Waals surface area (Å²) in [5, 5.41) is 5.22. The summed E-state index contributed by atoms with van der Waals surface area (Å²) < 4.78 is 15.8. The van der Waals surface area contributed by atoms with E-state index in [1.54, 1.807) is 21.3 Å². The van der Waals surface area contributed by atoms with Gasteiger partial charge in [-0.1, -0.05) is 24.3 Å². The Labute approximate surface area is 165 Å². The third-order valence-electron chi connectivity index (χ3n) is 4.69. The minimum Gasteiger partial charge on any atom is -0.497 e. The lowest BCUT2D eigenvalue weighted by atomic mass is 10.1. The van der Waals surface area contributed by atoms with E-state index in [2.05, 4.69) is 11.4 Å². The van der Waals surface area contributed by atoms with E-state index in [0.29, 0.717) is 30.9 Å². The predicted molar refractivity (Wildman–Crippen MR) is 110 cm³/mol. The van der Waals surface area contributed by atoms with Crippen LogP contribution in [-0.2, 0) is 17.8 Å². The summed E-state index contributed by atoms with van der Waals surface area (Å²) in [6, 6.07) is 17.8. The first-order valence-corrected chi connectivity index (χ1v) is 9.17. The van der Waals surface area contributed by atoms with E-state index in [1.165, 1.54) is 0 Å². The molecule has 5 nitrogen and oxygen atoms in total. The number of benzene rings is 3. The first-order chi connectivity index (χ1) is 13.6. The van der Waals surface area contributed by atoms with Gasteiger partial charge < -0.3 is 19.5 Å². The zero-order valence-electron chi connectivity index (χ0n) is 16.5. The van der Waals surface area contributed by atoms with Crippen LogP contribution < -0.4 is 19.5 Å². The summed E-state index contributed by atoms with van der Waals surface area (Å²) in [5.74, 6) is 2.21. The van der Waals surface area contributed by atoms with Crippen LogP contribution in [0.25, 0.3) is 10.8 Å². The Hall–Kier alpha value is -3.21. The van der Waals surface area contributed by atoms with E-state index in [-0.39, 0.29) is 5.91 Å². The zero-order chi connectivity index (χ0) is 19.9. The molecule has 0 atom stereocenters. The third-order valence-corrected chi connectivity index (χ3v) is 4.69. The maximum atomic E-state index is 12.2. The Kier molecular flexibility index (Phi) is 6.37. The number of carbonyl (C=O) groups excluding carboxylic acids is 1. The molecule has 1 N–H and O–H groups in total. The van der Waals surface area contributed by atoms with Crippen LogP contribution in [-0.4, -0.2) is 27.2 Å². The molecule has 3 aromatic carbocycles. The molecular formula is C23H25NO4. The summed E-state index contributed by atoms with van der Waals surface area (Å²) in [4.78, 5) is 12.2. The molecule has 3 aromatic rings. The molecule has 146 valence electrons. The van der Waals surface area contributed by atoms with Gasteiger partial charge in [0.15, 0.2) is 11.5 Å². The Morgan fingerprint density at radius 1 is 0.786 bits per heavy atom. The minimum atomic E-state index is 0.0182. The molecule has 28 heavy (non-hydrogen) atoms. The molecular weight excluding hydrogens is 354 g/mol. The van der Waals surface area contributed by atoms with Crippen molar-refractivity contribution in [2.24, 2.45) is 0 Å². The number of amides is 1. The molecule has 3 rings (SSSR count). The standard InChI is InChI=1S/C23H25NO4/c1-26-20-9-8-18-12-17(4-7-19(18)14-20)15-24-23(25)11-6-16-5-10-21(27-2)22(13-16)28-3/h4-5,7-10,12-14H,6,11,15H2,1-3H3,(H,24,25). The number of aryl methyl sites for hydroxylation is 1. The van der Waals surface area contributed by atoms with Crippen molar-refractivity contribution >= 4 is 16.7 Å². The fourth-order valence-electron chi connectivity index (χ4n) is 3.09. The van der Waals surface area contributed by atoms with Crippen LogP contribution in [0.15, 0.2) is 54.6 Å². The second kappa shape index (κ2) is 9.13. The first kappa shape index (κ1) is 19.5. The minimum absolute atomic E-state index is 0.0182. The van der Waals surface area contributed by atoms with Crippen LogP contribution in [0.4, 0.5) is 0 Å². The van der Waals surface area contributed by atoms with E-state index in [4.69, 9.17) is 14.2 Å². The molecule has 0 fully saturated rings. The lowest BCUT2D eigenvalue weighted by Crippen LogP contribution is -2.22. The summed E-state index contributed by atoms with van der Waals surface area (Å²) in [6.07, 6.45) is 1.06. The van der Waals surface area contributed by atoms with Crippen molar-refractivity contribution in [3.05, 3.63) is 65.7 Å². The Bertz CT molecular complexity index is 968. The van der Waals surface area contributed by atoms with E-state index in [0.717, 1.165) is 27.6 Å². The second-order valence-electron chi connectivity index (χ2n) is 6.51. The molecule has 0 aliphatic carbocycles. The molecule has 0 saturated heterocycles. The second-order valence-corrected chi connectivity index (χ2v) is 6.51. The average Bonchev–Trinajstić information content (AvgIpc) is 2.75. The maximum absolute atomic E-state index is 12.2. The number of methoxy groups -OCH3 is 3. The molecule has 0 aliphatic rings.